The first-order valence-electron chi connectivity index (χ1n) is 7.39. The van der Waals surface area contributed by atoms with Crippen molar-refractivity contribution in [2.24, 2.45) is 0 Å². The number of hydrogen-bond acceptors (Lipinski definition) is 4. The minimum Gasteiger partial charge on any atom is -0.465 e. The highest BCUT2D eigenvalue weighted by Gasteiger charge is 2.48. The van der Waals surface area contributed by atoms with Crippen molar-refractivity contribution < 1.29 is 19.1 Å². The van der Waals surface area contributed by atoms with Crippen molar-refractivity contribution in [3.63, 3.8) is 0 Å². The highest BCUT2D eigenvalue weighted by atomic mass is 16.6. The molecule has 0 amide bonds. The number of benzene rings is 1. The molecule has 1 aromatic heterocycles. The minimum atomic E-state index is -1.50. The quantitative estimate of drug-likeness (QED) is 0.681. The Labute approximate surface area is 129 Å². The van der Waals surface area contributed by atoms with E-state index in [9.17, 15) is 9.59 Å². The minimum absolute atomic E-state index is 0.201. The third-order valence-corrected chi connectivity index (χ3v) is 3.83. The summed E-state index contributed by atoms with van der Waals surface area (Å²) in [5, 5.41) is 0.970. The molecule has 1 heterocycles. The van der Waals surface area contributed by atoms with E-state index in [1.165, 1.54) is 0 Å². The zero-order valence-electron chi connectivity index (χ0n) is 13.4. The lowest BCUT2D eigenvalue weighted by atomic mass is 9.84. The number of carbonyl (C=O) groups is 2. The van der Waals surface area contributed by atoms with E-state index in [-0.39, 0.29) is 13.2 Å². The molecule has 0 bridgehead atoms. The Morgan fingerprint density at radius 3 is 2.14 bits per heavy atom. The number of para-hydroxylation sites is 1. The number of esters is 2. The van der Waals surface area contributed by atoms with Gasteiger partial charge in [-0.3, -0.25) is 9.59 Å². The van der Waals surface area contributed by atoms with Crippen LogP contribution in [0.4, 0.5) is 0 Å². The molecule has 0 aliphatic carbocycles. The van der Waals surface area contributed by atoms with Crippen LogP contribution in [0, 0.1) is 6.92 Å². The Kier molecular flexibility index (Phi) is 4.54. The van der Waals surface area contributed by atoms with Gasteiger partial charge in [0.05, 0.1) is 13.2 Å². The van der Waals surface area contributed by atoms with Gasteiger partial charge in [0.2, 0.25) is 5.41 Å². The summed E-state index contributed by atoms with van der Waals surface area (Å²) in [6.07, 6.45) is 0. The van der Waals surface area contributed by atoms with Gasteiger partial charge in [-0.05, 0) is 39.3 Å². The van der Waals surface area contributed by atoms with Crippen molar-refractivity contribution in [1.29, 1.82) is 0 Å². The molecule has 2 aromatic rings. The first-order valence-corrected chi connectivity index (χ1v) is 7.39. The lowest BCUT2D eigenvalue weighted by Gasteiger charge is -2.25. The highest BCUT2D eigenvalue weighted by Crippen LogP contribution is 2.33. The van der Waals surface area contributed by atoms with E-state index in [4.69, 9.17) is 9.47 Å². The summed E-state index contributed by atoms with van der Waals surface area (Å²) in [4.78, 5) is 28.1. The van der Waals surface area contributed by atoms with Crippen LogP contribution < -0.4 is 0 Å². The third-order valence-electron chi connectivity index (χ3n) is 3.83. The van der Waals surface area contributed by atoms with Crippen LogP contribution in [-0.2, 0) is 24.5 Å². The first kappa shape index (κ1) is 16.1. The van der Waals surface area contributed by atoms with E-state index in [1.54, 1.807) is 20.8 Å². The predicted octanol–water partition coefficient (Wildman–Crippen LogP) is 2.86. The molecule has 1 N–H and O–H groups in total. The molecular formula is C17H21NO4. The number of fused-ring (bicyclic) bond motifs is 1. The summed E-state index contributed by atoms with van der Waals surface area (Å²) in [6.45, 7) is 7.24. The van der Waals surface area contributed by atoms with Gasteiger partial charge in [0, 0.05) is 16.6 Å². The maximum absolute atomic E-state index is 12.5. The normalized spacial score (nSPS) is 11.5. The van der Waals surface area contributed by atoms with E-state index in [2.05, 4.69) is 4.98 Å². The molecule has 0 fully saturated rings. The number of hydrogen-bond donors (Lipinski definition) is 1. The van der Waals surface area contributed by atoms with Gasteiger partial charge in [-0.15, -0.1) is 0 Å². The van der Waals surface area contributed by atoms with Gasteiger partial charge in [0.1, 0.15) is 0 Å². The Morgan fingerprint density at radius 2 is 1.64 bits per heavy atom. The van der Waals surface area contributed by atoms with Crippen LogP contribution in [0.2, 0.25) is 0 Å². The second-order valence-corrected chi connectivity index (χ2v) is 5.24. The highest BCUT2D eigenvalue weighted by molar-refractivity contribution is 6.07. The number of nitrogens with one attached hydrogen (secondary N) is 1. The maximum atomic E-state index is 12.5. The molecule has 118 valence electrons. The lowest BCUT2D eigenvalue weighted by Crippen LogP contribution is -2.44. The molecule has 0 unspecified atom stereocenters. The predicted molar refractivity (Wildman–Crippen MR) is 83.7 cm³/mol. The monoisotopic (exact) mass is 303 g/mol. The second-order valence-electron chi connectivity index (χ2n) is 5.24. The molecule has 0 saturated heterocycles. The third kappa shape index (κ3) is 2.47. The van der Waals surface area contributed by atoms with Crippen molar-refractivity contribution in [3.05, 3.63) is 35.5 Å². The second kappa shape index (κ2) is 6.22. The number of carbonyl (C=O) groups excluding carboxylic acids is 2. The summed E-state index contributed by atoms with van der Waals surface area (Å²) in [5.74, 6) is -1.22. The SMILES string of the molecule is CCOC(=O)C(C)(C(=O)OCC)c1[nH]c2ccccc2c1C. The summed E-state index contributed by atoms with van der Waals surface area (Å²) in [7, 11) is 0. The van der Waals surface area contributed by atoms with Gasteiger partial charge in [0.25, 0.3) is 0 Å². The number of ether oxygens (including phenoxy) is 2. The van der Waals surface area contributed by atoms with E-state index in [0.717, 1.165) is 16.5 Å². The molecule has 2 rings (SSSR count). The maximum Gasteiger partial charge on any atom is 0.329 e. The number of aromatic nitrogens is 1. The summed E-state index contributed by atoms with van der Waals surface area (Å²) in [5.41, 5.74) is 0.731. The molecule has 0 radical (unpaired) electrons. The zero-order valence-corrected chi connectivity index (χ0v) is 13.4. The van der Waals surface area contributed by atoms with E-state index in [0.29, 0.717) is 5.69 Å². The van der Waals surface area contributed by atoms with Crippen molar-refractivity contribution in [3.8, 4) is 0 Å². The van der Waals surface area contributed by atoms with Crippen LogP contribution in [0.25, 0.3) is 10.9 Å². The fourth-order valence-corrected chi connectivity index (χ4v) is 2.62. The zero-order chi connectivity index (χ0) is 16.3. The molecule has 5 heteroatoms. The lowest BCUT2D eigenvalue weighted by molar-refractivity contribution is -0.164. The molecule has 5 nitrogen and oxygen atoms in total. The van der Waals surface area contributed by atoms with Crippen molar-refractivity contribution in [2.45, 2.75) is 33.1 Å². The summed E-state index contributed by atoms with van der Waals surface area (Å²) < 4.78 is 10.2. The molecule has 0 spiro atoms. The molecule has 0 aliphatic rings. The first-order chi connectivity index (χ1) is 10.5. The van der Waals surface area contributed by atoms with Gasteiger partial charge >= 0.3 is 11.9 Å². The number of aromatic amines is 1. The fraction of sp³-hybridized carbons (Fsp3) is 0.412. The molecular weight excluding hydrogens is 282 g/mol. The smallest absolute Gasteiger partial charge is 0.329 e. The average molecular weight is 303 g/mol. The van der Waals surface area contributed by atoms with Gasteiger partial charge in [-0.1, -0.05) is 18.2 Å². The van der Waals surface area contributed by atoms with Gasteiger partial charge in [-0.2, -0.15) is 0 Å². The van der Waals surface area contributed by atoms with Crippen LogP contribution in [0.5, 0.6) is 0 Å². The van der Waals surface area contributed by atoms with Crippen LogP contribution in [0.1, 0.15) is 32.0 Å². The van der Waals surface area contributed by atoms with Gasteiger partial charge < -0.3 is 14.5 Å². The molecule has 1 aromatic carbocycles. The fourth-order valence-electron chi connectivity index (χ4n) is 2.62. The van der Waals surface area contributed by atoms with Crippen molar-refractivity contribution in [1.82, 2.24) is 4.98 Å². The Balaban J connectivity index is 2.63. The van der Waals surface area contributed by atoms with Crippen molar-refractivity contribution in [2.75, 3.05) is 13.2 Å². The van der Waals surface area contributed by atoms with Crippen molar-refractivity contribution >= 4 is 22.8 Å². The Morgan fingerprint density at radius 1 is 1.09 bits per heavy atom. The summed E-state index contributed by atoms with van der Waals surface area (Å²) >= 11 is 0. The van der Waals surface area contributed by atoms with E-state index < -0.39 is 17.4 Å². The van der Waals surface area contributed by atoms with Crippen LogP contribution in [0.3, 0.4) is 0 Å². The largest absolute Gasteiger partial charge is 0.465 e. The molecule has 0 atom stereocenters. The standard InChI is InChI=1S/C17H21NO4/c1-5-21-15(19)17(4,16(20)22-6-2)14-11(3)12-9-7-8-10-13(12)18-14/h7-10,18H,5-6H2,1-4H3. The van der Waals surface area contributed by atoms with Gasteiger partial charge in [0.15, 0.2) is 0 Å². The Hall–Kier alpha value is -2.30. The van der Waals surface area contributed by atoms with E-state index in [1.807, 2.05) is 31.2 Å². The summed E-state index contributed by atoms with van der Waals surface area (Å²) in [6, 6.07) is 7.66. The number of aryl methyl sites for hydroxylation is 1. The Bertz CT molecular complexity index is 684. The van der Waals surface area contributed by atoms with E-state index >= 15 is 0 Å². The van der Waals surface area contributed by atoms with Crippen LogP contribution >= 0.6 is 0 Å². The van der Waals surface area contributed by atoms with Crippen LogP contribution in [0.15, 0.2) is 24.3 Å². The number of rotatable bonds is 5. The number of H-pyrrole nitrogens is 1. The molecule has 0 saturated carbocycles. The van der Waals surface area contributed by atoms with Gasteiger partial charge in [-0.25, -0.2) is 0 Å². The topological polar surface area (TPSA) is 68.4 Å². The average Bonchev–Trinajstić information content (AvgIpc) is 2.85. The van der Waals surface area contributed by atoms with Crippen LogP contribution in [-0.4, -0.2) is 30.1 Å². The molecule has 22 heavy (non-hydrogen) atoms. The molecule has 0 aliphatic heterocycles.